The third-order valence-corrected chi connectivity index (χ3v) is 4.18. The van der Waals surface area contributed by atoms with Gasteiger partial charge in [0.1, 0.15) is 0 Å². The van der Waals surface area contributed by atoms with E-state index in [1.807, 2.05) is 33.0 Å². The summed E-state index contributed by atoms with van der Waals surface area (Å²) in [4.78, 5) is 13.0. The third kappa shape index (κ3) is 3.16. The van der Waals surface area contributed by atoms with E-state index in [1.54, 1.807) is 10.7 Å². The quantitative estimate of drug-likeness (QED) is 0.941. The maximum Gasteiger partial charge on any atom is 0.272 e. The predicted molar refractivity (Wildman–Crippen MR) is 78.8 cm³/mol. The number of nitrogens with zero attached hydrogens (tertiary/aromatic N) is 2. The van der Waals surface area contributed by atoms with Crippen molar-refractivity contribution < 1.29 is 4.79 Å². The number of aromatic nitrogens is 2. The van der Waals surface area contributed by atoms with Crippen molar-refractivity contribution in [2.24, 2.45) is 7.05 Å². The van der Waals surface area contributed by atoms with Crippen LogP contribution in [0.2, 0.25) is 4.34 Å². The van der Waals surface area contributed by atoms with E-state index < -0.39 is 0 Å². The minimum Gasteiger partial charge on any atom is -0.348 e. The van der Waals surface area contributed by atoms with E-state index in [9.17, 15) is 4.79 Å². The highest BCUT2D eigenvalue weighted by atomic mass is 35.5. The van der Waals surface area contributed by atoms with Gasteiger partial charge < -0.3 is 5.32 Å². The standard InChI is InChI=1S/C13H16ClN3OS/c1-4-8(2)15-13(18)9-7-10(17(3)16-9)11-5-6-12(14)19-11/h5-8H,4H2,1-3H3,(H,15,18). The van der Waals surface area contributed by atoms with Crippen LogP contribution in [0.3, 0.4) is 0 Å². The summed E-state index contributed by atoms with van der Waals surface area (Å²) in [6.45, 7) is 4.00. The Morgan fingerprint density at radius 2 is 2.32 bits per heavy atom. The molecule has 1 N–H and O–H groups in total. The number of hydrogen-bond donors (Lipinski definition) is 1. The zero-order chi connectivity index (χ0) is 14.0. The van der Waals surface area contributed by atoms with Crippen molar-refractivity contribution >= 4 is 28.8 Å². The van der Waals surface area contributed by atoms with E-state index in [4.69, 9.17) is 11.6 Å². The molecule has 102 valence electrons. The number of nitrogens with one attached hydrogen (secondary N) is 1. The van der Waals surface area contributed by atoms with Crippen LogP contribution in [-0.2, 0) is 7.05 Å². The van der Waals surface area contributed by atoms with Gasteiger partial charge in [-0.05, 0) is 31.5 Å². The van der Waals surface area contributed by atoms with Gasteiger partial charge >= 0.3 is 0 Å². The smallest absolute Gasteiger partial charge is 0.272 e. The highest BCUT2D eigenvalue weighted by Gasteiger charge is 2.16. The number of thiophene rings is 1. The van der Waals surface area contributed by atoms with Crippen molar-refractivity contribution in [2.75, 3.05) is 0 Å². The molecular formula is C13H16ClN3OS. The van der Waals surface area contributed by atoms with E-state index in [0.29, 0.717) is 5.69 Å². The molecular weight excluding hydrogens is 282 g/mol. The van der Waals surface area contributed by atoms with Crippen LogP contribution in [0.1, 0.15) is 30.8 Å². The van der Waals surface area contributed by atoms with Crippen molar-refractivity contribution in [3.05, 3.63) is 28.2 Å². The third-order valence-electron chi connectivity index (χ3n) is 2.93. The molecule has 2 heterocycles. The number of rotatable bonds is 4. The van der Waals surface area contributed by atoms with Gasteiger partial charge in [-0.1, -0.05) is 18.5 Å². The molecule has 0 aliphatic carbocycles. The van der Waals surface area contributed by atoms with E-state index in [-0.39, 0.29) is 11.9 Å². The Morgan fingerprint density at radius 1 is 1.58 bits per heavy atom. The summed E-state index contributed by atoms with van der Waals surface area (Å²) in [5.41, 5.74) is 1.33. The molecule has 1 atom stereocenters. The largest absolute Gasteiger partial charge is 0.348 e. The monoisotopic (exact) mass is 297 g/mol. The molecule has 0 radical (unpaired) electrons. The molecule has 2 aromatic heterocycles. The molecule has 0 bridgehead atoms. The molecule has 4 nitrogen and oxygen atoms in total. The van der Waals surface area contributed by atoms with Crippen LogP contribution in [0, 0.1) is 0 Å². The lowest BCUT2D eigenvalue weighted by Crippen LogP contribution is -2.32. The lowest BCUT2D eigenvalue weighted by Gasteiger charge is -2.09. The fourth-order valence-corrected chi connectivity index (χ4v) is 2.75. The second-order valence-corrected chi connectivity index (χ2v) is 6.14. The average Bonchev–Trinajstić information content (AvgIpc) is 2.95. The molecule has 0 aliphatic heterocycles. The summed E-state index contributed by atoms with van der Waals surface area (Å²) in [5.74, 6) is -0.140. The topological polar surface area (TPSA) is 46.9 Å². The molecule has 0 saturated heterocycles. The Kier molecular flexibility index (Phi) is 4.27. The van der Waals surface area contributed by atoms with Crippen LogP contribution in [-0.4, -0.2) is 21.7 Å². The molecule has 2 aromatic rings. The Hall–Kier alpha value is -1.33. The molecule has 2 rings (SSSR count). The predicted octanol–water partition coefficient (Wildman–Crippen LogP) is 3.33. The summed E-state index contributed by atoms with van der Waals surface area (Å²) < 4.78 is 2.43. The zero-order valence-electron chi connectivity index (χ0n) is 11.1. The van der Waals surface area contributed by atoms with Crippen molar-refractivity contribution in [3.8, 4) is 10.6 Å². The van der Waals surface area contributed by atoms with Crippen LogP contribution in [0.25, 0.3) is 10.6 Å². The Balaban J connectivity index is 2.24. The number of carbonyl (C=O) groups excluding carboxylic acids is 1. The lowest BCUT2D eigenvalue weighted by molar-refractivity contribution is 0.0933. The number of hydrogen-bond acceptors (Lipinski definition) is 3. The first-order valence-corrected chi connectivity index (χ1v) is 7.31. The van der Waals surface area contributed by atoms with Gasteiger partial charge in [-0.25, -0.2) is 0 Å². The summed E-state index contributed by atoms with van der Waals surface area (Å²) in [7, 11) is 1.82. The maximum atomic E-state index is 12.0. The number of halogens is 1. The van der Waals surface area contributed by atoms with E-state index >= 15 is 0 Å². The minimum absolute atomic E-state index is 0.140. The van der Waals surface area contributed by atoms with Crippen molar-refractivity contribution in [1.29, 1.82) is 0 Å². The Bertz CT molecular complexity index is 590. The van der Waals surface area contributed by atoms with Crippen molar-refractivity contribution in [1.82, 2.24) is 15.1 Å². The van der Waals surface area contributed by atoms with Crippen LogP contribution in [0.15, 0.2) is 18.2 Å². The normalized spacial score (nSPS) is 12.4. The fraction of sp³-hybridized carbons (Fsp3) is 0.385. The molecule has 1 unspecified atom stereocenters. The molecule has 0 aliphatic rings. The number of amides is 1. The van der Waals surface area contributed by atoms with Crippen LogP contribution >= 0.6 is 22.9 Å². The number of carbonyl (C=O) groups is 1. The lowest BCUT2D eigenvalue weighted by atomic mass is 10.2. The van der Waals surface area contributed by atoms with Crippen LogP contribution in [0.4, 0.5) is 0 Å². The molecule has 1 amide bonds. The van der Waals surface area contributed by atoms with E-state index in [2.05, 4.69) is 10.4 Å². The highest BCUT2D eigenvalue weighted by Crippen LogP contribution is 2.31. The fourth-order valence-electron chi connectivity index (χ4n) is 1.66. The molecule has 0 aromatic carbocycles. The van der Waals surface area contributed by atoms with Gasteiger partial charge in [-0.2, -0.15) is 5.10 Å². The SMILES string of the molecule is CCC(C)NC(=O)c1cc(-c2ccc(Cl)s2)n(C)n1. The Labute approximate surface area is 121 Å². The van der Waals surface area contributed by atoms with E-state index in [0.717, 1.165) is 21.3 Å². The summed E-state index contributed by atoms with van der Waals surface area (Å²) >= 11 is 7.40. The van der Waals surface area contributed by atoms with Gasteiger partial charge in [0.05, 0.1) is 14.9 Å². The highest BCUT2D eigenvalue weighted by molar-refractivity contribution is 7.19. The second-order valence-electron chi connectivity index (χ2n) is 4.42. The van der Waals surface area contributed by atoms with Gasteiger partial charge in [0.25, 0.3) is 5.91 Å². The molecule has 0 fully saturated rings. The van der Waals surface area contributed by atoms with Crippen LogP contribution < -0.4 is 5.32 Å². The maximum absolute atomic E-state index is 12.0. The zero-order valence-corrected chi connectivity index (χ0v) is 12.7. The van der Waals surface area contributed by atoms with Gasteiger partial charge in [-0.3, -0.25) is 9.48 Å². The first-order chi connectivity index (χ1) is 9.01. The van der Waals surface area contributed by atoms with Gasteiger partial charge in [-0.15, -0.1) is 11.3 Å². The second kappa shape index (κ2) is 5.75. The van der Waals surface area contributed by atoms with Crippen molar-refractivity contribution in [3.63, 3.8) is 0 Å². The van der Waals surface area contributed by atoms with Crippen molar-refractivity contribution in [2.45, 2.75) is 26.3 Å². The average molecular weight is 298 g/mol. The van der Waals surface area contributed by atoms with Gasteiger partial charge in [0.2, 0.25) is 0 Å². The molecule has 19 heavy (non-hydrogen) atoms. The molecule has 6 heteroatoms. The van der Waals surface area contributed by atoms with Gasteiger partial charge in [0, 0.05) is 13.1 Å². The first-order valence-electron chi connectivity index (χ1n) is 6.12. The number of aryl methyl sites for hydroxylation is 1. The van der Waals surface area contributed by atoms with Gasteiger partial charge in [0.15, 0.2) is 5.69 Å². The van der Waals surface area contributed by atoms with Crippen LogP contribution in [0.5, 0.6) is 0 Å². The Morgan fingerprint density at radius 3 is 2.89 bits per heavy atom. The summed E-state index contributed by atoms with van der Waals surface area (Å²) in [5, 5.41) is 7.16. The van der Waals surface area contributed by atoms with E-state index in [1.165, 1.54) is 11.3 Å². The molecule has 0 spiro atoms. The summed E-state index contributed by atoms with van der Waals surface area (Å²) in [6.07, 6.45) is 0.895. The first kappa shape index (κ1) is 14.1. The molecule has 0 saturated carbocycles. The minimum atomic E-state index is -0.140. The summed E-state index contributed by atoms with van der Waals surface area (Å²) in [6, 6.07) is 5.71.